The summed E-state index contributed by atoms with van der Waals surface area (Å²) in [5.41, 5.74) is 0.873. The molecule has 1 N–H and O–H groups in total. The summed E-state index contributed by atoms with van der Waals surface area (Å²) in [5.74, 6) is 1.33. The second kappa shape index (κ2) is 5.92. The van der Waals surface area contributed by atoms with Crippen molar-refractivity contribution < 1.29 is 4.39 Å². The van der Waals surface area contributed by atoms with Crippen LogP contribution in [0.15, 0.2) is 22.7 Å². The maximum atomic E-state index is 13.8. The third-order valence-corrected chi connectivity index (χ3v) is 5.05. The Kier molecular flexibility index (Phi) is 4.23. The molecule has 1 aromatic rings. The topological polar surface area (TPSA) is 12.0 Å². The Labute approximate surface area is 123 Å². The molecule has 104 valence electrons. The maximum absolute atomic E-state index is 13.8. The number of halogens is 2. The lowest BCUT2D eigenvalue weighted by Gasteiger charge is -2.20. The predicted molar refractivity (Wildman–Crippen MR) is 79.7 cm³/mol. The van der Waals surface area contributed by atoms with E-state index in [9.17, 15) is 4.39 Å². The molecule has 2 saturated carbocycles. The van der Waals surface area contributed by atoms with E-state index in [1.807, 2.05) is 6.07 Å². The zero-order valence-corrected chi connectivity index (χ0v) is 12.8. The van der Waals surface area contributed by atoms with Crippen LogP contribution in [0.3, 0.4) is 0 Å². The van der Waals surface area contributed by atoms with E-state index in [2.05, 4.69) is 21.2 Å². The third-order valence-electron chi connectivity index (χ3n) is 4.55. The fourth-order valence-electron chi connectivity index (χ4n) is 3.24. The van der Waals surface area contributed by atoms with Crippen molar-refractivity contribution in [2.45, 2.75) is 44.6 Å². The minimum atomic E-state index is -0.0518. The minimum Gasteiger partial charge on any atom is -0.314 e. The van der Waals surface area contributed by atoms with E-state index in [4.69, 9.17) is 0 Å². The number of rotatable bonds is 5. The van der Waals surface area contributed by atoms with Gasteiger partial charge in [-0.1, -0.05) is 22.4 Å². The van der Waals surface area contributed by atoms with Gasteiger partial charge in [0.2, 0.25) is 0 Å². The van der Waals surface area contributed by atoms with E-state index in [0.717, 1.165) is 35.0 Å². The Balaban J connectivity index is 1.61. The Morgan fingerprint density at radius 3 is 2.74 bits per heavy atom. The smallest absolute Gasteiger partial charge is 0.126 e. The van der Waals surface area contributed by atoms with Gasteiger partial charge in [-0.25, -0.2) is 4.39 Å². The van der Waals surface area contributed by atoms with Gasteiger partial charge in [-0.2, -0.15) is 0 Å². The Morgan fingerprint density at radius 2 is 1.95 bits per heavy atom. The van der Waals surface area contributed by atoms with E-state index in [0.29, 0.717) is 5.92 Å². The molecule has 19 heavy (non-hydrogen) atoms. The fourth-order valence-corrected chi connectivity index (χ4v) is 3.65. The summed E-state index contributed by atoms with van der Waals surface area (Å²) >= 11 is 3.44. The lowest BCUT2D eigenvalue weighted by atomic mass is 9.89. The standard InChI is InChI=1S/C16H21BrFN/c17-14-4-7-16(18)13(9-14)8-11-2-1-3-12(11)10-19-15-5-6-15/h4,7,9,11-12,15,19H,1-3,5-6,8,10H2. The molecule has 2 aliphatic carbocycles. The normalized spacial score (nSPS) is 26.8. The molecule has 3 heteroatoms. The second-order valence-corrected chi connectivity index (χ2v) is 6.99. The van der Waals surface area contributed by atoms with Gasteiger partial charge in [0.1, 0.15) is 5.82 Å². The first-order valence-corrected chi connectivity index (χ1v) is 8.19. The largest absolute Gasteiger partial charge is 0.314 e. The van der Waals surface area contributed by atoms with E-state index >= 15 is 0 Å². The predicted octanol–water partition coefficient (Wildman–Crippen LogP) is 4.30. The first-order chi connectivity index (χ1) is 9.22. The van der Waals surface area contributed by atoms with Crippen molar-refractivity contribution in [2.75, 3.05) is 6.54 Å². The molecule has 2 atom stereocenters. The van der Waals surface area contributed by atoms with E-state index in [-0.39, 0.29) is 5.82 Å². The first-order valence-electron chi connectivity index (χ1n) is 7.39. The van der Waals surface area contributed by atoms with Crippen LogP contribution in [-0.4, -0.2) is 12.6 Å². The van der Waals surface area contributed by atoms with Crippen molar-refractivity contribution >= 4 is 15.9 Å². The zero-order chi connectivity index (χ0) is 13.2. The Bertz CT molecular complexity index is 444. The highest BCUT2D eigenvalue weighted by Gasteiger charge is 2.30. The third kappa shape index (κ3) is 3.57. The average Bonchev–Trinajstić information content (AvgIpc) is 3.12. The average molecular weight is 326 g/mol. The van der Waals surface area contributed by atoms with Crippen LogP contribution in [0.5, 0.6) is 0 Å². The molecule has 0 radical (unpaired) electrons. The van der Waals surface area contributed by atoms with Crippen LogP contribution in [0.2, 0.25) is 0 Å². The molecule has 0 spiro atoms. The first kappa shape index (κ1) is 13.6. The van der Waals surface area contributed by atoms with Gasteiger partial charge in [0.15, 0.2) is 0 Å². The van der Waals surface area contributed by atoms with Crippen LogP contribution in [0.1, 0.15) is 37.7 Å². The van der Waals surface area contributed by atoms with Gasteiger partial charge in [-0.05, 0) is 74.2 Å². The van der Waals surface area contributed by atoms with Crippen LogP contribution in [0.4, 0.5) is 4.39 Å². The van der Waals surface area contributed by atoms with Crippen molar-refractivity contribution in [2.24, 2.45) is 11.8 Å². The van der Waals surface area contributed by atoms with Crippen molar-refractivity contribution in [3.05, 3.63) is 34.1 Å². The summed E-state index contributed by atoms with van der Waals surface area (Å²) in [4.78, 5) is 0. The van der Waals surface area contributed by atoms with Crippen LogP contribution < -0.4 is 5.32 Å². The molecule has 0 saturated heterocycles. The van der Waals surface area contributed by atoms with Crippen LogP contribution >= 0.6 is 15.9 Å². The molecule has 0 heterocycles. The Hall–Kier alpha value is -0.410. The minimum absolute atomic E-state index is 0.0518. The molecule has 0 aromatic heterocycles. The van der Waals surface area contributed by atoms with Crippen molar-refractivity contribution in [3.63, 3.8) is 0 Å². The van der Waals surface area contributed by atoms with Gasteiger partial charge in [0.25, 0.3) is 0 Å². The van der Waals surface area contributed by atoms with Crippen LogP contribution in [-0.2, 0) is 6.42 Å². The van der Waals surface area contributed by atoms with Crippen LogP contribution in [0, 0.1) is 17.7 Å². The van der Waals surface area contributed by atoms with Crippen molar-refractivity contribution in [3.8, 4) is 0 Å². The van der Waals surface area contributed by atoms with E-state index in [1.54, 1.807) is 12.1 Å². The number of benzene rings is 1. The van der Waals surface area contributed by atoms with Gasteiger partial charge in [0.05, 0.1) is 0 Å². The van der Waals surface area contributed by atoms with Crippen molar-refractivity contribution in [1.82, 2.24) is 5.32 Å². The highest BCUT2D eigenvalue weighted by Crippen LogP contribution is 2.35. The van der Waals surface area contributed by atoms with Gasteiger partial charge in [-0.3, -0.25) is 0 Å². The molecule has 2 fully saturated rings. The molecular formula is C16H21BrFN. The monoisotopic (exact) mass is 325 g/mol. The second-order valence-electron chi connectivity index (χ2n) is 6.07. The van der Waals surface area contributed by atoms with Crippen LogP contribution in [0.25, 0.3) is 0 Å². The van der Waals surface area contributed by atoms with Gasteiger partial charge in [0, 0.05) is 10.5 Å². The van der Waals surface area contributed by atoms with Crippen molar-refractivity contribution in [1.29, 1.82) is 0 Å². The molecular weight excluding hydrogens is 305 g/mol. The summed E-state index contributed by atoms with van der Waals surface area (Å²) in [5, 5.41) is 3.64. The number of hydrogen-bond acceptors (Lipinski definition) is 1. The van der Waals surface area contributed by atoms with Gasteiger partial charge < -0.3 is 5.32 Å². The summed E-state index contributed by atoms with van der Waals surface area (Å²) in [6.07, 6.45) is 7.44. The summed E-state index contributed by atoms with van der Waals surface area (Å²) in [6.45, 7) is 1.13. The van der Waals surface area contributed by atoms with Gasteiger partial charge >= 0.3 is 0 Å². The zero-order valence-electron chi connectivity index (χ0n) is 11.2. The molecule has 0 aliphatic heterocycles. The SMILES string of the molecule is Fc1ccc(Br)cc1CC1CCCC1CNC1CC1. The summed E-state index contributed by atoms with van der Waals surface area (Å²) in [7, 11) is 0. The molecule has 2 aliphatic rings. The molecule has 2 unspecified atom stereocenters. The van der Waals surface area contributed by atoms with E-state index < -0.39 is 0 Å². The lowest BCUT2D eigenvalue weighted by Crippen LogP contribution is -2.27. The summed E-state index contributed by atoms with van der Waals surface area (Å²) < 4.78 is 14.8. The number of nitrogens with one attached hydrogen (secondary N) is 1. The quantitative estimate of drug-likeness (QED) is 0.851. The molecule has 3 rings (SSSR count). The highest BCUT2D eigenvalue weighted by molar-refractivity contribution is 9.10. The van der Waals surface area contributed by atoms with E-state index in [1.165, 1.54) is 32.1 Å². The molecule has 1 nitrogen and oxygen atoms in total. The molecule has 0 amide bonds. The lowest BCUT2D eigenvalue weighted by molar-refractivity contribution is 0.360. The fraction of sp³-hybridized carbons (Fsp3) is 0.625. The number of hydrogen-bond donors (Lipinski definition) is 1. The maximum Gasteiger partial charge on any atom is 0.126 e. The molecule has 1 aromatic carbocycles. The van der Waals surface area contributed by atoms with Gasteiger partial charge in [-0.15, -0.1) is 0 Å². The summed E-state index contributed by atoms with van der Waals surface area (Å²) in [6, 6.07) is 6.08. The Morgan fingerprint density at radius 1 is 1.16 bits per heavy atom. The molecule has 0 bridgehead atoms. The highest BCUT2D eigenvalue weighted by atomic mass is 79.9.